The molecule has 0 saturated carbocycles. The van der Waals surface area contributed by atoms with Gasteiger partial charge >= 0.3 is 0 Å². The molecule has 3 aromatic carbocycles. The number of piperazine rings is 1. The van der Waals surface area contributed by atoms with Gasteiger partial charge in [-0.3, -0.25) is 19.3 Å². The molecule has 12 nitrogen and oxygen atoms in total. The average molecular weight is 647 g/mol. The van der Waals surface area contributed by atoms with Crippen molar-refractivity contribution in [2.45, 2.75) is 39.8 Å². The van der Waals surface area contributed by atoms with Crippen LogP contribution in [0.5, 0.6) is 34.5 Å². The number of carbonyl (C=O) groups is 3. The number of amides is 3. The summed E-state index contributed by atoms with van der Waals surface area (Å²) in [7, 11) is 6.03. The van der Waals surface area contributed by atoms with Crippen LogP contribution in [0, 0.1) is 13.8 Å². The summed E-state index contributed by atoms with van der Waals surface area (Å²) in [6.07, 6.45) is 1.51. The Morgan fingerprint density at radius 1 is 0.936 bits per heavy atom. The van der Waals surface area contributed by atoms with Crippen LogP contribution in [0.1, 0.15) is 34.7 Å². The number of methoxy groups -OCH3 is 4. The quantitative estimate of drug-likeness (QED) is 0.219. The molecule has 0 spiro atoms. The van der Waals surface area contributed by atoms with Gasteiger partial charge in [-0.15, -0.1) is 0 Å². The number of ether oxygens (including phenoxy) is 7. The van der Waals surface area contributed by atoms with Crippen molar-refractivity contribution in [2.24, 2.45) is 0 Å². The monoisotopic (exact) mass is 646 g/mol. The van der Waals surface area contributed by atoms with Crippen molar-refractivity contribution in [3.8, 4) is 34.5 Å². The van der Waals surface area contributed by atoms with Crippen molar-refractivity contribution in [2.75, 3.05) is 42.0 Å². The highest BCUT2D eigenvalue weighted by Crippen LogP contribution is 2.45. The summed E-state index contributed by atoms with van der Waals surface area (Å²) in [4.78, 5) is 44.7. The van der Waals surface area contributed by atoms with E-state index in [0.29, 0.717) is 56.8 Å². The highest BCUT2D eigenvalue weighted by Gasteiger charge is 2.45. The average Bonchev–Trinajstić information content (AvgIpc) is 3.54. The minimum Gasteiger partial charge on any atom is -0.496 e. The maximum atomic E-state index is 14.6. The molecule has 2 aliphatic heterocycles. The molecule has 1 unspecified atom stereocenters. The first-order chi connectivity index (χ1) is 22.6. The fourth-order valence-electron chi connectivity index (χ4n) is 6.05. The molecule has 0 aromatic heterocycles. The van der Waals surface area contributed by atoms with Crippen LogP contribution < -0.4 is 28.4 Å². The lowest BCUT2D eigenvalue weighted by Crippen LogP contribution is -2.60. The van der Waals surface area contributed by atoms with Gasteiger partial charge in [0.1, 0.15) is 23.2 Å². The molecular weight excluding hydrogens is 608 g/mol. The largest absolute Gasteiger partial charge is 0.496 e. The Morgan fingerprint density at radius 3 is 2.30 bits per heavy atom. The molecule has 2 heterocycles. The van der Waals surface area contributed by atoms with Gasteiger partial charge in [-0.2, -0.15) is 0 Å². The van der Waals surface area contributed by atoms with Crippen LogP contribution in [0.15, 0.2) is 48.2 Å². The van der Waals surface area contributed by atoms with E-state index in [1.807, 2.05) is 30.3 Å². The van der Waals surface area contributed by atoms with Crippen LogP contribution in [-0.2, 0) is 32.1 Å². The van der Waals surface area contributed by atoms with Gasteiger partial charge < -0.3 is 38.1 Å². The van der Waals surface area contributed by atoms with Gasteiger partial charge in [-0.05, 0) is 37.6 Å². The van der Waals surface area contributed by atoms with Crippen molar-refractivity contribution in [1.29, 1.82) is 0 Å². The van der Waals surface area contributed by atoms with Crippen molar-refractivity contribution >= 4 is 23.8 Å². The number of imide groups is 1. The Hall–Kier alpha value is -5.23. The maximum absolute atomic E-state index is 14.6. The van der Waals surface area contributed by atoms with E-state index in [4.69, 9.17) is 33.2 Å². The number of nitrogens with zero attached hydrogens (tertiary/aromatic N) is 2. The molecule has 2 aliphatic rings. The molecule has 0 N–H and O–H groups in total. The van der Waals surface area contributed by atoms with E-state index >= 15 is 0 Å². The zero-order valence-electron chi connectivity index (χ0n) is 27.5. The molecule has 0 bridgehead atoms. The van der Waals surface area contributed by atoms with Gasteiger partial charge in [-0.1, -0.05) is 30.3 Å². The third kappa shape index (κ3) is 6.28. The van der Waals surface area contributed by atoms with Crippen molar-refractivity contribution in [3.05, 3.63) is 76.0 Å². The summed E-state index contributed by atoms with van der Waals surface area (Å²) in [6, 6.07) is 11.5. The fraction of sp³-hybridized carbons (Fsp3) is 0.343. The summed E-state index contributed by atoms with van der Waals surface area (Å²) in [5, 5.41) is 0. The molecule has 0 radical (unpaired) electrons. The second kappa shape index (κ2) is 14.0. The topological polar surface area (TPSA) is 122 Å². The number of benzene rings is 3. The van der Waals surface area contributed by atoms with Crippen molar-refractivity contribution in [3.63, 3.8) is 0 Å². The minimum absolute atomic E-state index is 0.0127. The summed E-state index contributed by atoms with van der Waals surface area (Å²) in [6.45, 7) is 4.88. The lowest BCUT2D eigenvalue weighted by Gasteiger charge is -2.40. The lowest BCUT2D eigenvalue weighted by atomic mass is 9.95. The predicted molar refractivity (Wildman–Crippen MR) is 171 cm³/mol. The molecule has 3 amide bonds. The summed E-state index contributed by atoms with van der Waals surface area (Å²) in [5.74, 6) is 1.01. The van der Waals surface area contributed by atoms with Gasteiger partial charge in [0.15, 0.2) is 29.8 Å². The number of fused-ring (bicyclic) bond motifs is 1. The summed E-state index contributed by atoms with van der Waals surface area (Å²) >= 11 is 0. The van der Waals surface area contributed by atoms with Crippen LogP contribution in [0.25, 0.3) is 6.08 Å². The Kier molecular flexibility index (Phi) is 9.90. The molecule has 248 valence electrons. The number of hydrogen-bond acceptors (Lipinski definition) is 10. The molecule has 1 atom stereocenters. The van der Waals surface area contributed by atoms with Gasteiger partial charge in [-0.25, -0.2) is 0 Å². The van der Waals surface area contributed by atoms with Crippen LogP contribution in [0.3, 0.4) is 0 Å². The molecule has 0 aliphatic carbocycles. The highest BCUT2D eigenvalue weighted by atomic mass is 16.7. The van der Waals surface area contributed by atoms with Gasteiger partial charge in [0.2, 0.25) is 12.7 Å². The zero-order valence-corrected chi connectivity index (χ0v) is 27.5. The van der Waals surface area contributed by atoms with E-state index < -0.39 is 23.8 Å². The van der Waals surface area contributed by atoms with Gasteiger partial charge in [0.25, 0.3) is 11.8 Å². The van der Waals surface area contributed by atoms with Crippen molar-refractivity contribution in [1.82, 2.24) is 9.80 Å². The van der Waals surface area contributed by atoms with Gasteiger partial charge in [0.05, 0.1) is 27.9 Å². The first kappa shape index (κ1) is 33.1. The number of hydrogen-bond donors (Lipinski definition) is 0. The predicted octanol–water partition coefficient (Wildman–Crippen LogP) is 4.41. The van der Waals surface area contributed by atoms with Crippen molar-refractivity contribution < 1.29 is 47.5 Å². The summed E-state index contributed by atoms with van der Waals surface area (Å²) < 4.78 is 39.2. The standard InChI is InChI=1S/C35H38N2O10/c1-20-30(43-6)24(15-28(42-5)32(20)44-7)14-27-34(39)36(17-23-11-9-8-10-12-23)26(35(40)37(27)22(3)38)13-25-16-29-33(47-19-45-29)21(2)31(25)46-18-41-4/h8-13,15-16,27H,14,17-19H2,1-7H3/b26-13-. The first-order valence-corrected chi connectivity index (χ1v) is 14.9. The normalized spacial score (nSPS) is 16.5. The van der Waals surface area contributed by atoms with E-state index in [1.54, 1.807) is 26.0 Å². The Morgan fingerprint density at radius 2 is 1.66 bits per heavy atom. The van der Waals surface area contributed by atoms with Crippen LogP contribution in [0.2, 0.25) is 0 Å². The SMILES string of the molecule is COCOc1c(/C=C2/C(=O)N(C(C)=O)C(Cc3cc(OC)c(OC)c(C)c3OC)C(=O)N2Cc2ccccc2)cc2c(c1C)OCO2. The third-order valence-electron chi connectivity index (χ3n) is 8.14. The highest BCUT2D eigenvalue weighted by molar-refractivity contribution is 6.14. The molecule has 1 fully saturated rings. The van der Waals surface area contributed by atoms with E-state index in [0.717, 1.165) is 10.5 Å². The molecule has 5 rings (SSSR count). The third-order valence-corrected chi connectivity index (χ3v) is 8.14. The maximum Gasteiger partial charge on any atom is 0.277 e. The van der Waals surface area contributed by atoms with E-state index in [-0.39, 0.29) is 32.2 Å². The fourth-order valence-corrected chi connectivity index (χ4v) is 6.05. The molecule has 3 aromatic rings. The lowest BCUT2D eigenvalue weighted by molar-refractivity contribution is -0.158. The van der Waals surface area contributed by atoms with Crippen LogP contribution in [0.4, 0.5) is 0 Å². The number of carbonyl (C=O) groups excluding carboxylic acids is 3. The Bertz CT molecular complexity index is 1720. The minimum atomic E-state index is -1.19. The molecule has 1 saturated heterocycles. The second-order valence-corrected chi connectivity index (χ2v) is 11.0. The zero-order chi connectivity index (χ0) is 33.8. The van der Waals surface area contributed by atoms with E-state index in [1.165, 1.54) is 46.3 Å². The summed E-state index contributed by atoms with van der Waals surface area (Å²) in [5.41, 5.74) is 3.06. The van der Waals surface area contributed by atoms with Gasteiger partial charge in [0, 0.05) is 42.7 Å². The van der Waals surface area contributed by atoms with E-state index in [2.05, 4.69) is 0 Å². The van der Waals surface area contributed by atoms with E-state index in [9.17, 15) is 14.4 Å². The molecular formula is C35H38N2O10. The smallest absolute Gasteiger partial charge is 0.277 e. The number of rotatable bonds is 11. The Balaban J connectivity index is 1.67. The molecule has 12 heteroatoms. The first-order valence-electron chi connectivity index (χ1n) is 14.9. The van der Waals surface area contributed by atoms with Crippen LogP contribution >= 0.6 is 0 Å². The molecule has 47 heavy (non-hydrogen) atoms. The van der Waals surface area contributed by atoms with Crippen LogP contribution in [-0.4, -0.2) is 75.6 Å². The second-order valence-electron chi connectivity index (χ2n) is 11.0. The Labute approximate surface area is 273 Å².